The van der Waals surface area contributed by atoms with Gasteiger partial charge in [0.1, 0.15) is 12.3 Å². The molecule has 1 heterocycles. The van der Waals surface area contributed by atoms with Gasteiger partial charge in [-0.05, 0) is 55.5 Å². The van der Waals surface area contributed by atoms with Crippen molar-refractivity contribution < 1.29 is 14.7 Å². The van der Waals surface area contributed by atoms with E-state index in [0.29, 0.717) is 13.0 Å². The van der Waals surface area contributed by atoms with E-state index in [2.05, 4.69) is 10.5 Å². The Bertz CT molecular complexity index is 603. The van der Waals surface area contributed by atoms with Crippen LogP contribution in [0.2, 0.25) is 0 Å². The third kappa shape index (κ3) is 4.81. The summed E-state index contributed by atoms with van der Waals surface area (Å²) < 4.78 is 0. The van der Waals surface area contributed by atoms with Gasteiger partial charge in [-0.25, -0.2) is 5.43 Å². The summed E-state index contributed by atoms with van der Waals surface area (Å²) in [6, 6.07) is 3.58. The summed E-state index contributed by atoms with van der Waals surface area (Å²) in [6.07, 6.45) is 4.91. The number of hydrogen-bond acceptors (Lipinski definition) is 4. The van der Waals surface area contributed by atoms with Crippen LogP contribution < -0.4 is 5.43 Å². The maximum Gasteiger partial charge on any atom is 0.259 e. The van der Waals surface area contributed by atoms with E-state index in [1.165, 1.54) is 6.21 Å². The fourth-order valence-corrected chi connectivity index (χ4v) is 2.66. The average Bonchev–Trinajstić information content (AvgIpc) is 2.70. The zero-order valence-corrected chi connectivity index (χ0v) is 13.6. The summed E-state index contributed by atoms with van der Waals surface area (Å²) in [7, 11) is 0. The molecule has 2 rings (SSSR count). The third-order valence-electron chi connectivity index (χ3n) is 3.92. The lowest BCUT2D eigenvalue weighted by Crippen LogP contribution is -2.39. The van der Waals surface area contributed by atoms with E-state index >= 15 is 0 Å². The molecule has 1 fully saturated rings. The van der Waals surface area contributed by atoms with E-state index in [0.717, 1.165) is 36.0 Å². The number of aryl methyl sites for hydroxylation is 2. The molecule has 0 bridgehead atoms. The summed E-state index contributed by atoms with van der Waals surface area (Å²) in [5.74, 6) is 0.000924. The summed E-state index contributed by atoms with van der Waals surface area (Å²) >= 11 is 0. The zero-order valence-electron chi connectivity index (χ0n) is 13.6. The van der Waals surface area contributed by atoms with Crippen LogP contribution >= 0.6 is 0 Å². The lowest BCUT2D eigenvalue weighted by atomic mass is 10.1. The molecule has 1 aliphatic heterocycles. The van der Waals surface area contributed by atoms with E-state index in [-0.39, 0.29) is 24.1 Å². The zero-order chi connectivity index (χ0) is 16.8. The number of nitrogens with one attached hydrogen (secondary N) is 1. The number of phenols is 1. The van der Waals surface area contributed by atoms with Crippen LogP contribution in [0.25, 0.3) is 0 Å². The Balaban J connectivity index is 1.89. The molecule has 0 aromatic heterocycles. The Morgan fingerprint density at radius 2 is 2.00 bits per heavy atom. The number of benzene rings is 1. The first kappa shape index (κ1) is 17.0. The van der Waals surface area contributed by atoms with Crippen LogP contribution in [0.1, 0.15) is 42.4 Å². The largest absolute Gasteiger partial charge is 0.507 e. The van der Waals surface area contributed by atoms with Crippen molar-refractivity contribution in [3.63, 3.8) is 0 Å². The second-order valence-corrected chi connectivity index (χ2v) is 5.92. The Hall–Kier alpha value is -2.37. The number of hydrazone groups is 1. The van der Waals surface area contributed by atoms with Crippen LogP contribution in [0.4, 0.5) is 0 Å². The van der Waals surface area contributed by atoms with E-state index in [9.17, 15) is 14.7 Å². The lowest BCUT2D eigenvalue weighted by molar-refractivity contribution is -0.135. The van der Waals surface area contributed by atoms with Crippen molar-refractivity contribution in [3.05, 3.63) is 28.8 Å². The highest BCUT2D eigenvalue weighted by Gasteiger charge is 2.18. The second kappa shape index (κ2) is 7.76. The minimum absolute atomic E-state index is 0.0337. The molecule has 23 heavy (non-hydrogen) atoms. The fourth-order valence-electron chi connectivity index (χ4n) is 2.66. The van der Waals surface area contributed by atoms with E-state index in [1.54, 1.807) is 17.0 Å². The molecule has 0 radical (unpaired) electrons. The van der Waals surface area contributed by atoms with Crippen molar-refractivity contribution in [1.29, 1.82) is 0 Å². The molecule has 1 aromatic carbocycles. The summed E-state index contributed by atoms with van der Waals surface area (Å²) in [6.45, 7) is 4.29. The number of hydrogen-bond donors (Lipinski definition) is 2. The number of carbonyl (C=O) groups is 2. The molecule has 6 nitrogen and oxygen atoms in total. The monoisotopic (exact) mass is 317 g/mol. The number of carbonyl (C=O) groups excluding carboxylic acids is 2. The summed E-state index contributed by atoms with van der Waals surface area (Å²) in [5, 5.41) is 13.6. The van der Waals surface area contributed by atoms with Crippen molar-refractivity contribution in [2.75, 3.05) is 13.1 Å². The molecular formula is C17H23N3O3. The van der Waals surface area contributed by atoms with Crippen molar-refractivity contribution in [2.45, 2.75) is 39.5 Å². The molecule has 0 atom stereocenters. The van der Waals surface area contributed by atoms with Crippen molar-refractivity contribution in [3.8, 4) is 5.75 Å². The van der Waals surface area contributed by atoms with Crippen LogP contribution in [0.3, 0.4) is 0 Å². The molecule has 0 aliphatic carbocycles. The first-order valence-electron chi connectivity index (χ1n) is 7.87. The SMILES string of the molecule is Cc1cc(/C=N/NC(=O)CN2CCCCCC2=O)cc(C)c1O. The van der Waals surface area contributed by atoms with Crippen molar-refractivity contribution in [2.24, 2.45) is 5.10 Å². The molecule has 2 amide bonds. The third-order valence-corrected chi connectivity index (χ3v) is 3.92. The molecule has 1 saturated heterocycles. The number of likely N-dealkylation sites (tertiary alicyclic amines) is 1. The number of rotatable bonds is 4. The number of phenolic OH excluding ortho intramolecular Hbond substituents is 1. The standard InChI is InChI=1S/C17H23N3O3/c1-12-8-14(9-13(2)17(12)23)10-18-19-15(21)11-20-7-5-3-4-6-16(20)22/h8-10,23H,3-7,11H2,1-2H3,(H,19,21)/b18-10+. The number of nitrogens with zero attached hydrogens (tertiary/aromatic N) is 2. The average molecular weight is 317 g/mol. The first-order chi connectivity index (χ1) is 11.0. The topological polar surface area (TPSA) is 82.0 Å². The molecule has 1 aromatic rings. The van der Waals surface area contributed by atoms with Gasteiger partial charge in [0, 0.05) is 13.0 Å². The van der Waals surface area contributed by atoms with Gasteiger partial charge in [0.2, 0.25) is 5.91 Å². The van der Waals surface area contributed by atoms with Crippen molar-refractivity contribution >= 4 is 18.0 Å². The quantitative estimate of drug-likeness (QED) is 0.657. The minimum Gasteiger partial charge on any atom is -0.507 e. The molecule has 124 valence electrons. The molecule has 2 N–H and O–H groups in total. The van der Waals surface area contributed by atoms with Crippen LogP contribution in [0.15, 0.2) is 17.2 Å². The van der Waals surface area contributed by atoms with Gasteiger partial charge in [-0.3, -0.25) is 9.59 Å². The molecule has 0 spiro atoms. The Kier molecular flexibility index (Phi) is 5.73. The predicted octanol–water partition coefficient (Wildman–Crippen LogP) is 1.86. The lowest BCUT2D eigenvalue weighted by Gasteiger charge is -2.18. The molecule has 1 aliphatic rings. The number of aromatic hydroxyl groups is 1. The summed E-state index contributed by atoms with van der Waals surface area (Å²) in [4.78, 5) is 25.3. The van der Waals surface area contributed by atoms with Crippen LogP contribution in [0.5, 0.6) is 5.75 Å². The normalized spacial score (nSPS) is 15.7. The van der Waals surface area contributed by atoms with Gasteiger partial charge in [0.05, 0.1) is 6.21 Å². The first-order valence-corrected chi connectivity index (χ1v) is 7.87. The van der Waals surface area contributed by atoms with Crippen LogP contribution in [-0.2, 0) is 9.59 Å². The highest BCUT2D eigenvalue weighted by atomic mass is 16.3. The van der Waals surface area contributed by atoms with Gasteiger partial charge in [-0.2, -0.15) is 5.10 Å². The van der Waals surface area contributed by atoms with Gasteiger partial charge in [-0.15, -0.1) is 0 Å². The van der Waals surface area contributed by atoms with Gasteiger partial charge >= 0.3 is 0 Å². The maximum absolute atomic E-state index is 11.9. The van der Waals surface area contributed by atoms with Crippen LogP contribution in [-0.4, -0.2) is 41.1 Å². The van der Waals surface area contributed by atoms with Gasteiger partial charge < -0.3 is 10.0 Å². The smallest absolute Gasteiger partial charge is 0.259 e. The summed E-state index contributed by atoms with van der Waals surface area (Å²) in [5.41, 5.74) is 4.76. The maximum atomic E-state index is 11.9. The molecule has 0 unspecified atom stereocenters. The van der Waals surface area contributed by atoms with Crippen LogP contribution in [0, 0.1) is 13.8 Å². The predicted molar refractivity (Wildman–Crippen MR) is 88.4 cm³/mol. The highest BCUT2D eigenvalue weighted by Crippen LogP contribution is 2.21. The molecule has 6 heteroatoms. The Morgan fingerprint density at radius 3 is 2.70 bits per heavy atom. The van der Waals surface area contributed by atoms with Crippen molar-refractivity contribution in [1.82, 2.24) is 10.3 Å². The Morgan fingerprint density at radius 1 is 1.30 bits per heavy atom. The van der Waals surface area contributed by atoms with E-state index in [4.69, 9.17) is 0 Å². The fraction of sp³-hybridized carbons (Fsp3) is 0.471. The van der Waals surface area contributed by atoms with E-state index < -0.39 is 0 Å². The van der Waals surface area contributed by atoms with Gasteiger partial charge in [-0.1, -0.05) is 6.42 Å². The van der Waals surface area contributed by atoms with E-state index in [1.807, 2.05) is 13.8 Å². The minimum atomic E-state index is -0.302. The Labute approximate surface area is 136 Å². The number of amides is 2. The second-order valence-electron chi connectivity index (χ2n) is 5.92. The molecule has 0 saturated carbocycles. The molecular weight excluding hydrogens is 294 g/mol. The van der Waals surface area contributed by atoms with Gasteiger partial charge in [0.15, 0.2) is 0 Å². The van der Waals surface area contributed by atoms with Gasteiger partial charge in [0.25, 0.3) is 5.91 Å². The highest BCUT2D eigenvalue weighted by molar-refractivity contribution is 5.86.